The minimum Gasteiger partial charge on any atom is -0.497 e. The van der Waals surface area contributed by atoms with Crippen LogP contribution < -0.4 is 28.4 Å². The lowest BCUT2D eigenvalue weighted by atomic mass is 10.0. The second-order valence-electron chi connectivity index (χ2n) is 8.67. The van der Waals surface area contributed by atoms with Gasteiger partial charge in [0.25, 0.3) is 0 Å². The molecule has 0 heterocycles. The average Bonchev–Trinajstić information content (AvgIpc) is 3.01. The van der Waals surface area contributed by atoms with E-state index in [-0.39, 0.29) is 23.7 Å². The van der Waals surface area contributed by atoms with Crippen molar-refractivity contribution in [2.75, 3.05) is 28.4 Å². The zero-order valence-corrected chi connectivity index (χ0v) is 23.0. The summed E-state index contributed by atoms with van der Waals surface area (Å²) in [5.74, 6) is 2.08. The summed E-state index contributed by atoms with van der Waals surface area (Å²) >= 11 is 0. The van der Waals surface area contributed by atoms with Crippen molar-refractivity contribution in [3.63, 3.8) is 0 Å². The van der Waals surface area contributed by atoms with Crippen molar-refractivity contribution in [2.45, 2.75) is 13.2 Å². The van der Waals surface area contributed by atoms with Gasteiger partial charge in [-0.25, -0.2) is 0 Å². The number of hydrogen-bond donors (Lipinski definition) is 0. The SMILES string of the molecule is COc1ccc(/C=C/C(=O)c2c(OCc3ccccc3)cc(OCc3ccccc3)c(OC)c2OC)c(OC)c1. The van der Waals surface area contributed by atoms with E-state index in [0.717, 1.165) is 11.1 Å². The summed E-state index contributed by atoms with van der Waals surface area (Å²) in [5.41, 5.74) is 2.84. The van der Waals surface area contributed by atoms with Crippen LogP contribution in [0.4, 0.5) is 0 Å². The molecule has 0 bridgehead atoms. The molecular weight excluding hydrogens is 508 g/mol. The molecule has 40 heavy (non-hydrogen) atoms. The molecule has 0 saturated carbocycles. The van der Waals surface area contributed by atoms with Crippen molar-refractivity contribution < 1.29 is 33.2 Å². The molecule has 0 atom stereocenters. The molecule has 7 nitrogen and oxygen atoms in total. The molecule has 0 aliphatic rings. The fraction of sp³-hybridized carbons (Fsp3) is 0.182. The quantitative estimate of drug-likeness (QED) is 0.137. The molecule has 4 aromatic rings. The van der Waals surface area contributed by atoms with Gasteiger partial charge in [-0.05, 0) is 35.4 Å². The van der Waals surface area contributed by atoms with Gasteiger partial charge in [0.2, 0.25) is 5.75 Å². The van der Waals surface area contributed by atoms with Crippen molar-refractivity contribution in [1.82, 2.24) is 0 Å². The maximum Gasteiger partial charge on any atom is 0.204 e. The molecule has 0 aromatic heterocycles. The predicted octanol–water partition coefficient (Wildman–Crippen LogP) is 6.78. The number of allylic oxidation sites excluding steroid dienone is 1. The van der Waals surface area contributed by atoms with Crippen LogP contribution in [-0.2, 0) is 13.2 Å². The van der Waals surface area contributed by atoms with E-state index >= 15 is 0 Å². The summed E-state index contributed by atoms with van der Waals surface area (Å²) in [6.45, 7) is 0.535. The average molecular weight is 541 g/mol. The number of rotatable bonds is 13. The Morgan fingerprint density at radius 2 is 1.23 bits per heavy atom. The number of methoxy groups -OCH3 is 4. The molecule has 0 N–H and O–H groups in total. The number of carbonyl (C=O) groups is 1. The second kappa shape index (κ2) is 13.8. The van der Waals surface area contributed by atoms with Gasteiger partial charge in [0.1, 0.15) is 36.0 Å². The highest BCUT2D eigenvalue weighted by atomic mass is 16.5. The van der Waals surface area contributed by atoms with Gasteiger partial charge in [-0.1, -0.05) is 60.7 Å². The van der Waals surface area contributed by atoms with E-state index in [9.17, 15) is 4.79 Å². The van der Waals surface area contributed by atoms with Crippen LogP contribution in [0.3, 0.4) is 0 Å². The number of ether oxygens (including phenoxy) is 6. The van der Waals surface area contributed by atoms with Crippen molar-refractivity contribution in [3.8, 4) is 34.5 Å². The van der Waals surface area contributed by atoms with E-state index in [1.165, 1.54) is 20.3 Å². The Labute approximate surface area is 234 Å². The summed E-state index contributed by atoms with van der Waals surface area (Å²) in [4.78, 5) is 13.7. The summed E-state index contributed by atoms with van der Waals surface area (Å²) in [6, 6.07) is 26.5. The highest BCUT2D eigenvalue weighted by Crippen LogP contribution is 2.46. The van der Waals surface area contributed by atoms with Gasteiger partial charge in [-0.3, -0.25) is 4.79 Å². The highest BCUT2D eigenvalue weighted by molar-refractivity contribution is 6.11. The van der Waals surface area contributed by atoms with Crippen molar-refractivity contribution in [1.29, 1.82) is 0 Å². The Kier molecular flexibility index (Phi) is 9.67. The van der Waals surface area contributed by atoms with Gasteiger partial charge < -0.3 is 28.4 Å². The lowest BCUT2D eigenvalue weighted by molar-refractivity contribution is 0.103. The van der Waals surface area contributed by atoms with Crippen LogP contribution in [0.5, 0.6) is 34.5 Å². The van der Waals surface area contributed by atoms with Crippen LogP contribution in [0.2, 0.25) is 0 Å². The van der Waals surface area contributed by atoms with Crippen LogP contribution >= 0.6 is 0 Å². The third-order valence-electron chi connectivity index (χ3n) is 6.15. The zero-order chi connectivity index (χ0) is 28.3. The summed E-state index contributed by atoms with van der Waals surface area (Å²) in [5, 5.41) is 0. The molecule has 4 rings (SSSR count). The number of benzene rings is 4. The van der Waals surface area contributed by atoms with Crippen LogP contribution in [0.15, 0.2) is 91.0 Å². The number of ketones is 1. The molecule has 0 saturated heterocycles. The van der Waals surface area contributed by atoms with E-state index < -0.39 is 0 Å². The Bertz CT molecular complexity index is 1450. The van der Waals surface area contributed by atoms with Gasteiger partial charge in [0.15, 0.2) is 17.3 Å². The first-order valence-corrected chi connectivity index (χ1v) is 12.6. The third-order valence-corrected chi connectivity index (χ3v) is 6.15. The van der Waals surface area contributed by atoms with Gasteiger partial charge in [0, 0.05) is 17.7 Å². The first-order valence-electron chi connectivity index (χ1n) is 12.6. The smallest absolute Gasteiger partial charge is 0.204 e. The topological polar surface area (TPSA) is 72.5 Å². The first kappa shape index (κ1) is 28.1. The molecule has 4 aromatic carbocycles. The molecule has 206 valence electrons. The number of carbonyl (C=O) groups excluding carboxylic acids is 1. The monoisotopic (exact) mass is 540 g/mol. The van der Waals surface area contributed by atoms with E-state index in [4.69, 9.17) is 28.4 Å². The fourth-order valence-electron chi connectivity index (χ4n) is 4.11. The van der Waals surface area contributed by atoms with Gasteiger partial charge in [-0.15, -0.1) is 0 Å². The lowest BCUT2D eigenvalue weighted by Crippen LogP contribution is -2.08. The Balaban J connectivity index is 1.74. The highest BCUT2D eigenvalue weighted by Gasteiger charge is 2.26. The molecule has 0 unspecified atom stereocenters. The van der Waals surface area contributed by atoms with Crippen LogP contribution in [0.25, 0.3) is 6.08 Å². The number of hydrogen-bond acceptors (Lipinski definition) is 7. The second-order valence-corrected chi connectivity index (χ2v) is 8.67. The van der Waals surface area contributed by atoms with Crippen LogP contribution in [0.1, 0.15) is 27.0 Å². The van der Waals surface area contributed by atoms with Crippen LogP contribution in [-0.4, -0.2) is 34.2 Å². The minimum absolute atomic E-state index is 0.214. The standard InChI is InChI=1S/C33H32O7/c1-35-26-17-15-25(28(19-26)36-2)16-18-27(34)31-29(39-21-23-11-7-5-8-12-23)20-30(32(37-3)33(31)38-4)40-22-24-13-9-6-10-14-24/h5-20H,21-22H2,1-4H3/b18-16+. The van der Waals surface area contributed by atoms with E-state index in [0.29, 0.717) is 40.9 Å². The molecule has 7 heteroatoms. The molecule has 0 aliphatic carbocycles. The summed E-state index contributed by atoms with van der Waals surface area (Å²) in [7, 11) is 6.13. The molecule has 0 fully saturated rings. The Morgan fingerprint density at radius 3 is 1.77 bits per heavy atom. The zero-order valence-electron chi connectivity index (χ0n) is 23.0. The first-order chi connectivity index (χ1) is 19.6. The van der Waals surface area contributed by atoms with Gasteiger partial charge >= 0.3 is 0 Å². The van der Waals surface area contributed by atoms with E-state index in [1.54, 1.807) is 38.5 Å². The molecule has 0 spiro atoms. The lowest BCUT2D eigenvalue weighted by Gasteiger charge is -2.20. The maximum atomic E-state index is 13.7. The van der Waals surface area contributed by atoms with E-state index in [2.05, 4.69) is 0 Å². The molecule has 0 amide bonds. The van der Waals surface area contributed by atoms with E-state index in [1.807, 2.05) is 66.7 Å². The third kappa shape index (κ3) is 6.74. The van der Waals surface area contributed by atoms with Gasteiger partial charge in [-0.2, -0.15) is 0 Å². The predicted molar refractivity (Wildman–Crippen MR) is 154 cm³/mol. The molecule has 0 aliphatic heterocycles. The van der Waals surface area contributed by atoms with Crippen LogP contribution in [0, 0.1) is 0 Å². The minimum atomic E-state index is -0.342. The van der Waals surface area contributed by atoms with Crippen molar-refractivity contribution >= 4 is 11.9 Å². The van der Waals surface area contributed by atoms with Gasteiger partial charge in [0.05, 0.1) is 28.4 Å². The summed E-state index contributed by atoms with van der Waals surface area (Å²) < 4.78 is 34.5. The summed E-state index contributed by atoms with van der Waals surface area (Å²) in [6.07, 6.45) is 3.12. The normalized spacial score (nSPS) is 10.7. The molecule has 0 radical (unpaired) electrons. The fourth-order valence-corrected chi connectivity index (χ4v) is 4.11. The maximum absolute atomic E-state index is 13.7. The van der Waals surface area contributed by atoms with Crippen molar-refractivity contribution in [2.24, 2.45) is 0 Å². The molecular formula is C33H32O7. The Hall–Kier alpha value is -4.91. The Morgan fingerprint density at radius 1 is 0.625 bits per heavy atom. The van der Waals surface area contributed by atoms with Crippen molar-refractivity contribution in [3.05, 3.63) is 113 Å². The largest absolute Gasteiger partial charge is 0.497 e.